The van der Waals surface area contributed by atoms with Gasteiger partial charge in [-0.1, -0.05) is 19.6 Å². The molecule has 16 heterocycles. The van der Waals surface area contributed by atoms with E-state index in [1.54, 1.807) is 6.07 Å². The highest BCUT2D eigenvalue weighted by Gasteiger charge is 2.66. The number of pyridine rings is 2. The number of ether oxygens (including phenoxy) is 5. The van der Waals surface area contributed by atoms with Crippen molar-refractivity contribution < 1.29 is 94.7 Å². The summed E-state index contributed by atoms with van der Waals surface area (Å²) < 4.78 is 29.9. The van der Waals surface area contributed by atoms with E-state index in [1.165, 1.54) is 184 Å². The van der Waals surface area contributed by atoms with Crippen LogP contribution in [0.4, 0.5) is 19.2 Å². The summed E-state index contributed by atoms with van der Waals surface area (Å²) in [4.78, 5) is 124. The van der Waals surface area contributed by atoms with Crippen LogP contribution in [-0.4, -0.2) is 535 Å². The SMILES string of the molecule is C.C1CN2CCN3CCN4CCN1C2C43.CC(C)(C)OC(=O)NCCC[N+]12CCN3CCN4CCN(CC1)C2C43.CC(C)(C)OC(=O)NCCC[N+]12CCN3CC[N+]4(C)CCN(CC1)C2C34.CN1CCNCCN(CCCNC(=O)OC(C)(C)C)CCNCC1.COC(=O)c1cccc(CN2CCN(C)CCN(Cc3cccc(C)n3)CCN(CCCNC(=O)OC(C)(C)C)CC2)n1.O=C=O.[I-]. The minimum absolute atomic E-state index is 0. The van der Waals surface area contributed by atoms with Crippen molar-refractivity contribution >= 4 is 36.5 Å². The van der Waals surface area contributed by atoms with Crippen molar-refractivity contribution in [2.45, 2.75) is 196 Å². The number of nitrogens with one attached hydrogen (secondary N) is 6. The Labute approximate surface area is 838 Å². The number of alkyl carbamates (subject to hydrolysis) is 4. The van der Waals surface area contributed by atoms with Gasteiger partial charge in [-0.15, -0.1) is 0 Å². The van der Waals surface area contributed by atoms with Crippen LogP contribution >= 0.6 is 0 Å². The fraction of sp³-hybridized carbons (Fsp3) is 0.837. The largest absolute Gasteiger partial charge is 1.00 e. The lowest BCUT2D eigenvalue weighted by Gasteiger charge is -2.55. The molecular formula is C98H181IN26O12+2. The van der Waals surface area contributed by atoms with Crippen LogP contribution in [0, 0.1) is 6.92 Å². The molecule has 14 aliphatic rings. The van der Waals surface area contributed by atoms with Gasteiger partial charge in [0, 0.05) is 248 Å². The molecule has 6 N–H and O–H groups in total. The van der Waals surface area contributed by atoms with Gasteiger partial charge < -0.3 is 113 Å². The Bertz CT molecular complexity index is 3960. The Morgan fingerprint density at radius 2 is 0.708 bits per heavy atom. The molecule has 2 aromatic heterocycles. The van der Waals surface area contributed by atoms with E-state index in [9.17, 15) is 24.0 Å². The number of carbonyl (C=O) groups is 5. The highest BCUT2D eigenvalue weighted by Crippen LogP contribution is 2.43. The molecular weight excluding hydrogens is 1860 g/mol. The van der Waals surface area contributed by atoms with Crippen molar-refractivity contribution in [3.8, 4) is 0 Å². The predicted octanol–water partition coefficient (Wildman–Crippen LogP) is 0.129. The van der Waals surface area contributed by atoms with Gasteiger partial charge in [0.2, 0.25) is 12.3 Å². The smallest absolute Gasteiger partial charge is 0.407 e. The molecule has 0 aromatic carbocycles. The summed E-state index contributed by atoms with van der Waals surface area (Å²) in [5.74, 6) is -0.424. The van der Waals surface area contributed by atoms with Gasteiger partial charge in [-0.05, 0) is 154 Å². The summed E-state index contributed by atoms with van der Waals surface area (Å²) in [6, 6.07) is 11.7. The fourth-order valence-electron chi connectivity index (χ4n) is 22.4. The van der Waals surface area contributed by atoms with Crippen molar-refractivity contribution in [3.05, 3.63) is 59.2 Å². The summed E-state index contributed by atoms with van der Waals surface area (Å²) in [5, 5.41) is 18.6. The summed E-state index contributed by atoms with van der Waals surface area (Å²) in [5.41, 5.74) is 1.50. The Kier molecular flexibility index (Phi) is 45.4. The van der Waals surface area contributed by atoms with Gasteiger partial charge in [0.1, 0.15) is 34.3 Å². The number of quaternary nitrogens is 3. The monoisotopic (exact) mass is 2040 g/mol. The first kappa shape index (κ1) is 115. The average Bonchev–Trinajstić information content (AvgIpc) is 1.55. The lowest BCUT2D eigenvalue weighted by molar-refractivity contribution is -1.02. The Morgan fingerprint density at radius 3 is 1.12 bits per heavy atom. The summed E-state index contributed by atoms with van der Waals surface area (Å²) >= 11 is 0. The number of piperazine rings is 6. The third-order valence-electron chi connectivity index (χ3n) is 29.2. The quantitative estimate of drug-likeness (QED) is 0.0318. The van der Waals surface area contributed by atoms with E-state index in [2.05, 4.69) is 144 Å². The number of aromatic nitrogens is 2. The number of nitrogens with zero attached hydrogens (tertiary/aromatic N) is 20. The topological polar surface area (TPSA) is 312 Å². The van der Waals surface area contributed by atoms with Crippen molar-refractivity contribution in [1.82, 2.24) is 115 Å². The van der Waals surface area contributed by atoms with Crippen molar-refractivity contribution in [2.24, 2.45) is 0 Å². The number of esters is 1. The normalized spacial score (nSPS) is 27.5. The first-order valence-electron chi connectivity index (χ1n) is 51.1. The van der Waals surface area contributed by atoms with E-state index >= 15 is 0 Å². The molecule has 38 nitrogen and oxygen atoms in total. The van der Waals surface area contributed by atoms with Crippen molar-refractivity contribution in [2.75, 3.05) is 342 Å². The van der Waals surface area contributed by atoms with E-state index in [0.717, 1.165) is 186 Å². The molecule has 137 heavy (non-hydrogen) atoms. The first-order chi connectivity index (χ1) is 64.3. The minimum atomic E-state index is -0.514. The summed E-state index contributed by atoms with van der Waals surface area (Å²) in [7, 11) is 8.19. The van der Waals surface area contributed by atoms with Gasteiger partial charge in [0.25, 0.3) is 0 Å². The second kappa shape index (κ2) is 54.2. The predicted molar refractivity (Wildman–Crippen MR) is 528 cm³/mol. The van der Waals surface area contributed by atoms with Crippen LogP contribution in [0.15, 0.2) is 36.4 Å². The zero-order valence-corrected chi connectivity index (χ0v) is 88.5. The zero-order chi connectivity index (χ0) is 97.1. The molecule has 0 saturated carbocycles. The maximum atomic E-state index is 12.1. The lowest BCUT2D eigenvalue weighted by Crippen LogP contribution is -3.00. The lowest BCUT2D eigenvalue weighted by atomic mass is 10.1. The van der Waals surface area contributed by atoms with Gasteiger partial charge >= 0.3 is 36.5 Å². The van der Waals surface area contributed by atoms with Crippen LogP contribution in [-0.2, 0) is 46.4 Å². The molecule has 7 atom stereocenters. The molecule has 2 aromatic rings. The Balaban J connectivity index is 0.000000197. The van der Waals surface area contributed by atoms with Crippen LogP contribution in [0.25, 0.3) is 0 Å². The third kappa shape index (κ3) is 35.3. The van der Waals surface area contributed by atoms with Gasteiger partial charge in [-0.25, -0.2) is 43.7 Å². The van der Waals surface area contributed by atoms with Gasteiger partial charge in [0.15, 0.2) is 6.17 Å². The molecule has 7 unspecified atom stereocenters. The molecule has 14 aliphatic heterocycles. The molecule has 14 saturated heterocycles. The molecule has 0 bridgehead atoms. The van der Waals surface area contributed by atoms with E-state index < -0.39 is 28.4 Å². The van der Waals surface area contributed by atoms with Crippen LogP contribution < -0.4 is 55.9 Å². The van der Waals surface area contributed by atoms with Crippen LogP contribution in [0.3, 0.4) is 0 Å². The minimum Gasteiger partial charge on any atom is -1.00 e. The fourth-order valence-corrected chi connectivity index (χ4v) is 22.4. The van der Waals surface area contributed by atoms with Crippen LogP contribution in [0.2, 0.25) is 0 Å². The number of hydrogen-bond acceptors (Lipinski definition) is 31. The number of hydrogen-bond donors (Lipinski definition) is 6. The van der Waals surface area contributed by atoms with Crippen LogP contribution in [0.1, 0.15) is 144 Å². The number of carbonyl (C=O) groups excluding carboxylic acids is 7. The second-order valence-electron chi connectivity index (χ2n) is 43.8. The van der Waals surface area contributed by atoms with Crippen LogP contribution in [0.5, 0.6) is 0 Å². The second-order valence-corrected chi connectivity index (χ2v) is 43.8. The van der Waals surface area contributed by atoms with Crippen molar-refractivity contribution in [3.63, 3.8) is 0 Å². The first-order valence-corrected chi connectivity index (χ1v) is 51.1. The van der Waals surface area contributed by atoms with Gasteiger partial charge in [-0.3, -0.25) is 44.2 Å². The van der Waals surface area contributed by atoms with Gasteiger partial charge in [0.05, 0.1) is 123 Å². The number of aryl methyl sites for hydroxylation is 1. The molecule has 780 valence electrons. The molecule has 16 rings (SSSR count). The molecule has 39 heteroatoms. The molecule has 0 aliphatic carbocycles. The zero-order valence-electron chi connectivity index (χ0n) is 86.3. The van der Waals surface area contributed by atoms with Gasteiger partial charge in [-0.2, -0.15) is 9.59 Å². The molecule has 4 amide bonds. The Hall–Kier alpha value is -5.84. The maximum absolute atomic E-state index is 12.1. The molecule has 0 radical (unpaired) electrons. The highest BCUT2D eigenvalue weighted by atomic mass is 127. The van der Waals surface area contributed by atoms with E-state index in [-0.39, 0.29) is 61.9 Å². The highest BCUT2D eigenvalue weighted by molar-refractivity contribution is 5.87. The number of likely N-dealkylation sites (N-methyl/N-ethyl adjacent to an activating group) is 3. The third-order valence-corrected chi connectivity index (χ3v) is 29.2. The van der Waals surface area contributed by atoms with Crippen molar-refractivity contribution in [1.29, 1.82) is 0 Å². The number of amides is 4. The number of halogens is 1. The number of methoxy groups -OCH3 is 1. The van der Waals surface area contributed by atoms with E-state index in [1.807, 2.05) is 108 Å². The summed E-state index contributed by atoms with van der Waals surface area (Å²) in [6.07, 6.45) is 6.85. The molecule has 14 fully saturated rings. The standard InChI is InChI=1S/C32H51N7O4.C19H36N5O2.C18H33N5O2.C17H37N5O2.C10H18N4.CO2.CH4.HI/c1-26-10-7-11-27(34-26)24-38-18-16-36(5)17-19-39(25-28-12-8-13-29(35-28)30(40)42-6)23-21-37(20-22-38)15-9-14-33-31(41)43-32(2,3)4;1-19(2,3)26-18(25)20-6-5-11-24-14-9-21-7-12-23(4)13-8-22(10-15-24)17(24)16(21)23;1-18(2,3)25-17(24)19-5-4-12-23-13-10-21-7-6-20-8-9-22(11-14-23)16(23)15(20)21;1-17(2,3)24-16(23)20-6-5-11-22-14-9-18-7-12-21(4)13-8-19-10-15-22;1-2-12-7-8-14-4-3-13-6-5-11(1)9(12)10(13)14;2-1-3;;/h7-8,10-13H,9,14-25H2,1-6H3,(H,33,41);16-17H,5-15H2,1-4H3;15-16H,4-14H2,1-3H3;18-19H,5-15H2,1-4H3,(H,20,23);9-10H,1-8H2;;1H4;1H/q;+1;;;;;;/p+1. The van der Waals surface area contributed by atoms with E-state index in [0.29, 0.717) is 63.1 Å². The Morgan fingerprint density at radius 1 is 0.394 bits per heavy atom. The average molecular weight is 2040 g/mol. The maximum Gasteiger partial charge on any atom is 0.407 e. The van der Waals surface area contributed by atoms with E-state index in [4.69, 9.17) is 38.3 Å². The number of rotatable bonds is 21. The molecule has 0 spiro atoms. The summed E-state index contributed by atoms with van der Waals surface area (Å²) in [6.45, 7) is 79.1.